The predicted octanol–water partition coefficient (Wildman–Crippen LogP) is 4.28. The van der Waals surface area contributed by atoms with Crippen molar-refractivity contribution in [3.8, 4) is 5.75 Å². The van der Waals surface area contributed by atoms with Crippen molar-refractivity contribution in [2.24, 2.45) is 0 Å². The number of ether oxygens (including phenoxy) is 1. The summed E-state index contributed by atoms with van der Waals surface area (Å²) in [6.07, 6.45) is 0. The Labute approximate surface area is 127 Å². The highest BCUT2D eigenvalue weighted by Gasteiger charge is 2.07. The molecule has 1 N–H and O–H groups in total. The van der Waals surface area contributed by atoms with Crippen LogP contribution in [0.1, 0.15) is 42.1 Å². The third-order valence-electron chi connectivity index (χ3n) is 3.54. The molecule has 3 heteroatoms. The molecule has 2 aromatic rings. The van der Waals surface area contributed by atoms with E-state index in [0.29, 0.717) is 12.6 Å². The molecule has 0 radical (unpaired) electrons. The van der Waals surface area contributed by atoms with E-state index in [0.717, 1.165) is 23.8 Å². The summed E-state index contributed by atoms with van der Waals surface area (Å²) in [5.74, 6) is 2.74. The molecule has 0 amide bonds. The first-order valence-electron chi connectivity index (χ1n) is 7.47. The number of nitrogens with one attached hydrogen (secondary N) is 1. The monoisotopic (exact) mass is 287 g/mol. The van der Waals surface area contributed by atoms with Crippen LogP contribution in [-0.4, -0.2) is 6.04 Å². The zero-order valence-corrected chi connectivity index (χ0v) is 13.6. The van der Waals surface area contributed by atoms with Crippen LogP contribution >= 0.6 is 0 Å². The molecule has 0 spiro atoms. The normalized spacial score (nSPS) is 11.1. The number of aryl methyl sites for hydroxylation is 2. The van der Waals surface area contributed by atoms with Crippen molar-refractivity contribution in [2.45, 2.75) is 53.8 Å². The zero-order valence-electron chi connectivity index (χ0n) is 13.6. The molecule has 1 heterocycles. The molecule has 0 bridgehead atoms. The van der Waals surface area contributed by atoms with E-state index in [9.17, 15) is 0 Å². The van der Waals surface area contributed by atoms with Crippen molar-refractivity contribution in [1.29, 1.82) is 0 Å². The van der Waals surface area contributed by atoms with Gasteiger partial charge >= 0.3 is 0 Å². The van der Waals surface area contributed by atoms with E-state index in [1.807, 2.05) is 12.1 Å². The molecular weight excluding hydrogens is 262 g/mol. The maximum absolute atomic E-state index is 5.91. The van der Waals surface area contributed by atoms with Crippen LogP contribution in [0.3, 0.4) is 0 Å². The van der Waals surface area contributed by atoms with E-state index in [1.165, 1.54) is 16.7 Å². The molecule has 1 aromatic heterocycles. The van der Waals surface area contributed by atoms with Crippen LogP contribution in [0.4, 0.5) is 0 Å². The lowest BCUT2D eigenvalue weighted by Crippen LogP contribution is -2.21. The maximum atomic E-state index is 5.91. The number of hydrogen-bond acceptors (Lipinski definition) is 3. The molecular formula is C18H25NO2. The maximum Gasteiger partial charge on any atom is 0.146 e. The van der Waals surface area contributed by atoms with Crippen LogP contribution in [0, 0.1) is 20.8 Å². The molecule has 1 aromatic carbocycles. The zero-order chi connectivity index (χ0) is 15.4. The SMILES string of the molecule is Cc1cc(C)c(C)c(OCc2ccc(CNC(C)C)o2)c1. The van der Waals surface area contributed by atoms with Gasteiger partial charge in [-0.15, -0.1) is 0 Å². The lowest BCUT2D eigenvalue weighted by molar-refractivity contribution is 0.263. The van der Waals surface area contributed by atoms with Gasteiger partial charge in [-0.3, -0.25) is 0 Å². The molecule has 3 nitrogen and oxygen atoms in total. The Morgan fingerprint density at radius 1 is 1.10 bits per heavy atom. The minimum atomic E-state index is 0.452. The van der Waals surface area contributed by atoms with Crippen LogP contribution in [-0.2, 0) is 13.2 Å². The summed E-state index contributed by atoms with van der Waals surface area (Å²) in [6, 6.07) is 8.68. The number of hydrogen-bond donors (Lipinski definition) is 1. The summed E-state index contributed by atoms with van der Waals surface area (Å²) in [6.45, 7) is 11.7. The fraction of sp³-hybridized carbons (Fsp3) is 0.444. The van der Waals surface area contributed by atoms with Crippen LogP contribution < -0.4 is 10.1 Å². The van der Waals surface area contributed by atoms with Crippen molar-refractivity contribution in [1.82, 2.24) is 5.32 Å². The first kappa shape index (κ1) is 15.6. The third-order valence-corrected chi connectivity index (χ3v) is 3.54. The molecule has 0 aliphatic carbocycles. The van der Waals surface area contributed by atoms with Gasteiger partial charge in [-0.05, 0) is 55.7 Å². The topological polar surface area (TPSA) is 34.4 Å². The second-order valence-electron chi connectivity index (χ2n) is 5.90. The highest BCUT2D eigenvalue weighted by Crippen LogP contribution is 2.24. The van der Waals surface area contributed by atoms with Crippen molar-refractivity contribution >= 4 is 0 Å². The molecule has 0 saturated heterocycles. The van der Waals surface area contributed by atoms with E-state index >= 15 is 0 Å². The van der Waals surface area contributed by atoms with Gasteiger partial charge in [-0.2, -0.15) is 0 Å². The second kappa shape index (κ2) is 6.81. The Bertz CT molecular complexity index is 599. The van der Waals surface area contributed by atoms with Gasteiger partial charge in [0.15, 0.2) is 0 Å². The molecule has 0 aliphatic rings. The number of furan rings is 1. The molecule has 0 fully saturated rings. The van der Waals surface area contributed by atoms with Crippen LogP contribution in [0.2, 0.25) is 0 Å². The minimum absolute atomic E-state index is 0.452. The average Bonchev–Trinajstić information content (AvgIpc) is 2.87. The largest absolute Gasteiger partial charge is 0.485 e. The molecule has 0 atom stereocenters. The molecule has 114 valence electrons. The second-order valence-corrected chi connectivity index (χ2v) is 5.90. The summed E-state index contributed by atoms with van der Waals surface area (Å²) < 4.78 is 11.7. The van der Waals surface area contributed by atoms with Gasteiger partial charge in [-0.1, -0.05) is 19.9 Å². The van der Waals surface area contributed by atoms with Crippen molar-refractivity contribution in [3.63, 3.8) is 0 Å². The van der Waals surface area contributed by atoms with E-state index < -0.39 is 0 Å². The van der Waals surface area contributed by atoms with E-state index in [-0.39, 0.29) is 0 Å². The molecule has 0 saturated carbocycles. The van der Waals surface area contributed by atoms with E-state index in [4.69, 9.17) is 9.15 Å². The van der Waals surface area contributed by atoms with Gasteiger partial charge in [0.2, 0.25) is 0 Å². The quantitative estimate of drug-likeness (QED) is 0.861. The third kappa shape index (κ3) is 4.36. The van der Waals surface area contributed by atoms with Crippen molar-refractivity contribution in [2.75, 3.05) is 0 Å². The van der Waals surface area contributed by atoms with Crippen LogP contribution in [0.5, 0.6) is 5.75 Å². The summed E-state index contributed by atoms with van der Waals surface area (Å²) in [4.78, 5) is 0. The minimum Gasteiger partial charge on any atom is -0.485 e. The smallest absolute Gasteiger partial charge is 0.146 e. The van der Waals surface area contributed by atoms with E-state index in [2.05, 4.69) is 52.1 Å². The van der Waals surface area contributed by atoms with Gasteiger partial charge in [0.05, 0.1) is 6.54 Å². The highest BCUT2D eigenvalue weighted by atomic mass is 16.5. The standard InChI is InChI=1S/C18H25NO2/c1-12(2)19-10-16-6-7-17(21-16)11-20-18-9-13(3)8-14(4)15(18)5/h6-9,12,19H,10-11H2,1-5H3. The lowest BCUT2D eigenvalue weighted by atomic mass is 10.1. The molecule has 21 heavy (non-hydrogen) atoms. The van der Waals surface area contributed by atoms with Crippen molar-refractivity contribution < 1.29 is 9.15 Å². The fourth-order valence-corrected chi connectivity index (χ4v) is 2.20. The lowest BCUT2D eigenvalue weighted by Gasteiger charge is -2.11. The van der Waals surface area contributed by atoms with Gasteiger partial charge in [0, 0.05) is 6.04 Å². The van der Waals surface area contributed by atoms with Gasteiger partial charge in [0.25, 0.3) is 0 Å². The molecule has 0 aliphatic heterocycles. The highest BCUT2D eigenvalue weighted by molar-refractivity contribution is 5.41. The average molecular weight is 287 g/mol. The van der Waals surface area contributed by atoms with Gasteiger partial charge in [-0.25, -0.2) is 0 Å². The first-order valence-corrected chi connectivity index (χ1v) is 7.47. The molecule has 0 unspecified atom stereocenters. The van der Waals surface area contributed by atoms with Crippen molar-refractivity contribution in [3.05, 3.63) is 52.5 Å². The van der Waals surface area contributed by atoms with E-state index in [1.54, 1.807) is 0 Å². The number of rotatable bonds is 6. The summed E-state index contributed by atoms with van der Waals surface area (Å²) in [7, 11) is 0. The predicted molar refractivity (Wildman–Crippen MR) is 85.7 cm³/mol. The summed E-state index contributed by atoms with van der Waals surface area (Å²) in [5.41, 5.74) is 3.66. The number of benzene rings is 1. The fourth-order valence-electron chi connectivity index (χ4n) is 2.20. The Kier molecular flexibility index (Phi) is 5.07. The first-order chi connectivity index (χ1) is 9.95. The Morgan fingerprint density at radius 2 is 1.81 bits per heavy atom. The summed E-state index contributed by atoms with van der Waals surface area (Å²) in [5, 5.41) is 3.34. The molecule has 2 rings (SSSR count). The Morgan fingerprint density at radius 3 is 2.52 bits per heavy atom. The Balaban J connectivity index is 1.97. The van der Waals surface area contributed by atoms with Gasteiger partial charge in [0.1, 0.15) is 23.9 Å². The van der Waals surface area contributed by atoms with Crippen LogP contribution in [0.15, 0.2) is 28.7 Å². The van der Waals surface area contributed by atoms with Gasteiger partial charge < -0.3 is 14.5 Å². The Hall–Kier alpha value is -1.74. The summed E-state index contributed by atoms with van der Waals surface area (Å²) >= 11 is 0. The van der Waals surface area contributed by atoms with Crippen LogP contribution in [0.25, 0.3) is 0 Å².